The molecule has 0 saturated carbocycles. The van der Waals surface area contributed by atoms with Gasteiger partial charge in [0.25, 0.3) is 0 Å². The van der Waals surface area contributed by atoms with Gasteiger partial charge in [0.15, 0.2) is 12.6 Å². The number of azide groups is 1. The average molecular weight is 421 g/mol. The number of benzene rings is 1. The van der Waals surface area contributed by atoms with Crippen molar-refractivity contribution in [3.8, 4) is 0 Å². The molecule has 1 aliphatic heterocycles. The highest BCUT2D eigenvalue weighted by atomic mass is 19.2. The largest absolute Gasteiger partial charge is 0.677 e. The van der Waals surface area contributed by atoms with Crippen LogP contribution in [0.1, 0.15) is 46.7 Å². The van der Waals surface area contributed by atoms with E-state index in [0.29, 0.717) is 51.8 Å². The summed E-state index contributed by atoms with van der Waals surface area (Å²) in [5, 5.41) is 3.60. The van der Waals surface area contributed by atoms with Gasteiger partial charge in [0.2, 0.25) is 0 Å². The fraction of sp³-hybridized carbons (Fsp3) is 0.190. The fourth-order valence-corrected chi connectivity index (χ4v) is 3.89. The molecule has 156 valence electrons. The minimum absolute atomic E-state index is 0.116. The number of hydrogen-bond acceptors (Lipinski definition) is 4. The molecule has 10 heteroatoms. The Morgan fingerprint density at radius 1 is 1.19 bits per heavy atom. The van der Waals surface area contributed by atoms with Crippen molar-refractivity contribution in [3.63, 3.8) is 0 Å². The van der Waals surface area contributed by atoms with Crippen molar-refractivity contribution >= 4 is 36.9 Å². The van der Waals surface area contributed by atoms with Gasteiger partial charge in [-0.2, -0.15) is 0 Å². The van der Waals surface area contributed by atoms with E-state index in [9.17, 15) is 18.2 Å². The summed E-state index contributed by atoms with van der Waals surface area (Å²) in [6.07, 6.45) is 1.23. The smallest absolute Gasteiger partial charge is 0.328 e. The van der Waals surface area contributed by atoms with Crippen LogP contribution in [0.3, 0.4) is 0 Å². The maximum absolute atomic E-state index is 14.2. The van der Waals surface area contributed by atoms with Crippen LogP contribution in [0.25, 0.3) is 16.0 Å². The Hall–Kier alpha value is -3.78. The molecule has 0 fully saturated rings. The number of allylic oxidation sites excluding steroid dienone is 2. The highest BCUT2D eigenvalue weighted by Crippen LogP contribution is 2.40. The lowest BCUT2D eigenvalue weighted by atomic mass is 9.93. The van der Waals surface area contributed by atoms with Crippen molar-refractivity contribution in [2.45, 2.75) is 27.7 Å². The molecule has 0 atom stereocenters. The van der Waals surface area contributed by atoms with Crippen molar-refractivity contribution in [1.82, 2.24) is 4.48 Å². The van der Waals surface area contributed by atoms with Crippen LogP contribution in [0.4, 0.5) is 14.3 Å². The molecule has 0 unspecified atom stereocenters. The van der Waals surface area contributed by atoms with Crippen molar-refractivity contribution < 1.29 is 18.2 Å². The molecule has 2 aromatic rings. The van der Waals surface area contributed by atoms with Crippen LogP contribution in [0, 0.1) is 13.8 Å². The van der Waals surface area contributed by atoms with Gasteiger partial charge in [0.05, 0.1) is 5.70 Å². The SMILES string of the molecule is CC1=N/C(=C(/c2cccc(N=[N+]=[N-])c2)c2c(C)c(C=O)c(C)n2B(F)F)C(C)=C1C=O. The van der Waals surface area contributed by atoms with Gasteiger partial charge in [-0.15, -0.1) is 0 Å². The summed E-state index contributed by atoms with van der Waals surface area (Å²) in [6, 6.07) is 6.43. The van der Waals surface area contributed by atoms with Crippen molar-refractivity contribution in [3.05, 3.63) is 79.6 Å². The fourth-order valence-electron chi connectivity index (χ4n) is 3.89. The van der Waals surface area contributed by atoms with Crippen LogP contribution in [0.2, 0.25) is 0 Å². The summed E-state index contributed by atoms with van der Waals surface area (Å²) in [4.78, 5) is 30.5. The molecule has 0 N–H and O–H groups in total. The predicted molar refractivity (Wildman–Crippen MR) is 116 cm³/mol. The number of nitrogens with zero attached hydrogens (tertiary/aromatic N) is 5. The monoisotopic (exact) mass is 421 g/mol. The van der Waals surface area contributed by atoms with E-state index in [-0.39, 0.29) is 22.6 Å². The first-order valence-electron chi connectivity index (χ1n) is 9.33. The number of hydrogen-bond donors (Lipinski definition) is 0. The number of carbonyl (C=O) groups is 2. The van der Waals surface area contributed by atoms with Gasteiger partial charge < -0.3 is 4.48 Å². The number of carbonyl (C=O) groups excluding carboxylic acids is 2. The first-order valence-corrected chi connectivity index (χ1v) is 9.33. The molecule has 2 heterocycles. The second-order valence-electron chi connectivity index (χ2n) is 7.06. The number of aliphatic imine (C=N–C) groups is 1. The van der Waals surface area contributed by atoms with E-state index in [0.717, 1.165) is 4.48 Å². The van der Waals surface area contributed by atoms with Crippen LogP contribution in [0.5, 0.6) is 0 Å². The summed E-state index contributed by atoms with van der Waals surface area (Å²) in [7, 11) is -2.92. The Morgan fingerprint density at radius 3 is 2.45 bits per heavy atom. The summed E-state index contributed by atoms with van der Waals surface area (Å²) in [6.45, 7) is 6.39. The molecule has 0 radical (unpaired) electrons. The summed E-state index contributed by atoms with van der Waals surface area (Å²) < 4.78 is 29.1. The van der Waals surface area contributed by atoms with E-state index in [1.165, 1.54) is 6.92 Å². The minimum Gasteiger partial charge on any atom is -0.328 e. The number of aromatic nitrogens is 1. The van der Waals surface area contributed by atoms with E-state index in [2.05, 4.69) is 15.0 Å². The molecule has 0 bridgehead atoms. The Balaban J connectivity index is 2.53. The standard InChI is InChI=1S/C21H18BF2N5O2/c1-11-17(9-30)13(3)26-20(11)19(15-6-5-7-16(8-15)27-28-25)21-12(2)18(10-31)14(4)29(21)22(23)24/h5-10H,1-4H3/b20-19-. The van der Waals surface area contributed by atoms with Gasteiger partial charge in [-0.1, -0.05) is 23.3 Å². The summed E-state index contributed by atoms with van der Waals surface area (Å²) >= 11 is 0. The van der Waals surface area contributed by atoms with Crippen LogP contribution in [-0.2, 0) is 4.79 Å². The lowest BCUT2D eigenvalue weighted by Gasteiger charge is -2.17. The van der Waals surface area contributed by atoms with Gasteiger partial charge in [-0.3, -0.25) is 23.2 Å². The molecule has 0 spiro atoms. The zero-order chi connectivity index (χ0) is 22.9. The Kier molecular flexibility index (Phi) is 6.03. The second-order valence-corrected chi connectivity index (χ2v) is 7.06. The number of rotatable bonds is 6. The molecular formula is C21H18BF2N5O2. The van der Waals surface area contributed by atoms with Crippen LogP contribution < -0.4 is 0 Å². The molecule has 0 saturated heterocycles. The topological polar surface area (TPSA) is 100 Å². The second kappa shape index (κ2) is 8.53. The molecule has 3 rings (SSSR count). The van der Waals surface area contributed by atoms with E-state index in [4.69, 9.17) is 5.53 Å². The molecule has 0 aliphatic carbocycles. The molecule has 1 aromatic carbocycles. The number of halogens is 2. The van der Waals surface area contributed by atoms with Crippen molar-refractivity contribution in [2.75, 3.05) is 0 Å². The van der Waals surface area contributed by atoms with Gasteiger partial charge in [-0.25, -0.2) is 0 Å². The van der Waals surface area contributed by atoms with E-state index in [1.807, 2.05) is 0 Å². The lowest BCUT2D eigenvalue weighted by Crippen LogP contribution is -2.18. The average Bonchev–Trinajstić information content (AvgIpc) is 3.15. The highest BCUT2D eigenvalue weighted by molar-refractivity contribution is 6.42. The van der Waals surface area contributed by atoms with Gasteiger partial charge >= 0.3 is 7.40 Å². The normalized spacial score (nSPS) is 14.8. The Labute approximate surface area is 177 Å². The third-order valence-electron chi connectivity index (χ3n) is 5.38. The van der Waals surface area contributed by atoms with Crippen molar-refractivity contribution in [2.24, 2.45) is 10.1 Å². The van der Waals surface area contributed by atoms with Crippen molar-refractivity contribution in [1.29, 1.82) is 0 Å². The van der Waals surface area contributed by atoms with E-state index in [1.54, 1.807) is 45.0 Å². The Bertz CT molecular complexity index is 1250. The zero-order valence-electron chi connectivity index (χ0n) is 17.3. The van der Waals surface area contributed by atoms with Crippen LogP contribution in [0.15, 0.2) is 51.2 Å². The highest BCUT2D eigenvalue weighted by Gasteiger charge is 2.32. The summed E-state index contributed by atoms with van der Waals surface area (Å²) in [5.41, 5.74) is 12.3. The first kappa shape index (κ1) is 21.9. The molecule has 0 amide bonds. The molecule has 1 aromatic heterocycles. The van der Waals surface area contributed by atoms with Crippen LogP contribution in [-0.4, -0.2) is 30.2 Å². The first-order chi connectivity index (χ1) is 14.8. The minimum atomic E-state index is -2.92. The molecule has 31 heavy (non-hydrogen) atoms. The zero-order valence-corrected chi connectivity index (χ0v) is 17.3. The van der Waals surface area contributed by atoms with Gasteiger partial charge in [0.1, 0.15) is 0 Å². The quantitative estimate of drug-likeness (QED) is 0.206. The third-order valence-corrected chi connectivity index (χ3v) is 5.38. The lowest BCUT2D eigenvalue weighted by molar-refractivity contribution is -0.104. The third kappa shape index (κ3) is 3.62. The Morgan fingerprint density at radius 2 is 1.90 bits per heavy atom. The maximum atomic E-state index is 14.2. The number of aldehydes is 2. The predicted octanol–water partition coefficient (Wildman–Crippen LogP) is 5.38. The van der Waals surface area contributed by atoms with E-state index >= 15 is 0 Å². The summed E-state index contributed by atoms with van der Waals surface area (Å²) in [5.74, 6) is 0. The van der Waals surface area contributed by atoms with Gasteiger partial charge in [-0.05, 0) is 56.0 Å². The van der Waals surface area contributed by atoms with Gasteiger partial charge in [0, 0.05) is 44.4 Å². The van der Waals surface area contributed by atoms with Crippen LogP contribution >= 0.6 is 0 Å². The van der Waals surface area contributed by atoms with E-state index < -0.39 is 7.40 Å². The molecule has 7 nitrogen and oxygen atoms in total. The molecular weight excluding hydrogens is 403 g/mol. The molecule has 1 aliphatic rings. The maximum Gasteiger partial charge on any atom is 0.677 e.